The molecule has 11 heteroatoms. The number of alkyl halides is 2. The van der Waals surface area contributed by atoms with Gasteiger partial charge in [0, 0.05) is 23.3 Å². The zero-order valence-corrected chi connectivity index (χ0v) is 18.9. The minimum Gasteiger partial charge on any atom is -0.368 e. The minimum absolute atomic E-state index is 0.0649. The van der Waals surface area contributed by atoms with Crippen molar-refractivity contribution in [1.82, 2.24) is 9.62 Å². The number of likely N-dealkylation sites (tertiary alicyclic amines) is 1. The summed E-state index contributed by atoms with van der Waals surface area (Å²) in [5.74, 6) is -9.07. The highest BCUT2D eigenvalue weighted by Crippen LogP contribution is 2.38. The molecular weight excluding hydrogens is 482 g/mol. The molecule has 2 fully saturated rings. The van der Waals surface area contributed by atoms with Crippen LogP contribution in [0.3, 0.4) is 0 Å². The monoisotopic (exact) mass is 504 g/mol. The van der Waals surface area contributed by atoms with Crippen LogP contribution >= 0.6 is 11.9 Å². The van der Waals surface area contributed by atoms with E-state index in [9.17, 15) is 26.7 Å². The van der Waals surface area contributed by atoms with E-state index in [1.54, 1.807) is 6.92 Å². The fraction of sp³-hybridized carbons (Fsp3) is 0.435. The Morgan fingerprint density at radius 3 is 2.47 bits per heavy atom. The summed E-state index contributed by atoms with van der Waals surface area (Å²) < 4.78 is 94.5. The van der Waals surface area contributed by atoms with Gasteiger partial charge in [-0.3, -0.25) is 9.52 Å². The van der Waals surface area contributed by atoms with Crippen molar-refractivity contribution in [3.8, 4) is 11.1 Å². The summed E-state index contributed by atoms with van der Waals surface area (Å²) in [4.78, 5) is 13.9. The number of carbonyl (C=O) groups is 1. The van der Waals surface area contributed by atoms with Crippen LogP contribution in [0.2, 0.25) is 0 Å². The molecule has 0 saturated carbocycles. The number of nitrogens with zero attached hydrogens (tertiary/aromatic N) is 1. The summed E-state index contributed by atoms with van der Waals surface area (Å²) in [7, 11) is 0. The molecule has 0 radical (unpaired) electrons. The van der Waals surface area contributed by atoms with Crippen LogP contribution in [-0.2, 0) is 16.0 Å². The van der Waals surface area contributed by atoms with Crippen LogP contribution < -0.4 is 4.72 Å². The largest absolute Gasteiger partial charge is 0.368 e. The zero-order valence-electron chi connectivity index (χ0n) is 18.1. The highest BCUT2D eigenvalue weighted by atomic mass is 32.2. The van der Waals surface area contributed by atoms with Gasteiger partial charge in [0.05, 0.1) is 19.2 Å². The maximum Gasteiger partial charge on any atom is 0.283 e. The van der Waals surface area contributed by atoms with Crippen molar-refractivity contribution in [2.75, 3.05) is 18.9 Å². The SMILES string of the molecule is CCSN[C@@H]1[C@H](Cc2cccc(-c3ccc(F)c(F)c3F)c2F)N(C(=O)C2CCO2)CC1(F)F. The fourth-order valence-electron chi connectivity index (χ4n) is 4.23. The van der Waals surface area contributed by atoms with Gasteiger partial charge in [0.15, 0.2) is 17.5 Å². The van der Waals surface area contributed by atoms with E-state index in [1.807, 2.05) is 0 Å². The van der Waals surface area contributed by atoms with Crippen LogP contribution in [0.5, 0.6) is 0 Å². The Balaban J connectivity index is 1.70. The predicted molar refractivity (Wildman–Crippen MR) is 115 cm³/mol. The van der Waals surface area contributed by atoms with Gasteiger partial charge >= 0.3 is 0 Å². The zero-order chi connectivity index (χ0) is 24.6. The van der Waals surface area contributed by atoms with Crippen molar-refractivity contribution in [3.05, 3.63) is 59.2 Å². The summed E-state index contributed by atoms with van der Waals surface area (Å²) in [5.41, 5.74) is -0.904. The maximum absolute atomic E-state index is 15.4. The van der Waals surface area contributed by atoms with E-state index in [1.165, 1.54) is 18.2 Å². The lowest BCUT2D eigenvalue weighted by molar-refractivity contribution is -0.158. The Bertz CT molecular complexity index is 1080. The highest BCUT2D eigenvalue weighted by molar-refractivity contribution is 7.97. The molecule has 0 aliphatic carbocycles. The van der Waals surface area contributed by atoms with Gasteiger partial charge in [0.2, 0.25) is 0 Å². The normalized spacial score (nSPS) is 23.7. The van der Waals surface area contributed by atoms with E-state index in [-0.39, 0.29) is 17.5 Å². The molecule has 1 amide bonds. The van der Waals surface area contributed by atoms with Crippen molar-refractivity contribution in [1.29, 1.82) is 0 Å². The molecule has 1 unspecified atom stereocenters. The summed E-state index contributed by atoms with van der Waals surface area (Å²) in [6.07, 6.45) is -0.710. The molecule has 184 valence electrons. The number of halogens is 6. The second-order valence-electron chi connectivity index (χ2n) is 8.18. The summed E-state index contributed by atoms with van der Waals surface area (Å²) in [6, 6.07) is 2.89. The van der Waals surface area contributed by atoms with Crippen molar-refractivity contribution in [2.45, 2.75) is 43.9 Å². The van der Waals surface area contributed by atoms with Gasteiger partial charge in [-0.25, -0.2) is 26.3 Å². The Morgan fingerprint density at radius 1 is 1.12 bits per heavy atom. The first-order valence-electron chi connectivity index (χ1n) is 10.7. The third-order valence-corrected chi connectivity index (χ3v) is 6.78. The Kier molecular flexibility index (Phi) is 7.16. The van der Waals surface area contributed by atoms with Gasteiger partial charge < -0.3 is 9.64 Å². The van der Waals surface area contributed by atoms with E-state index in [2.05, 4.69) is 4.72 Å². The lowest BCUT2D eigenvalue weighted by Gasteiger charge is -2.34. The van der Waals surface area contributed by atoms with Gasteiger partial charge in [0.25, 0.3) is 11.8 Å². The smallest absolute Gasteiger partial charge is 0.283 e. The van der Waals surface area contributed by atoms with Gasteiger partial charge in [-0.05, 0) is 24.1 Å². The average molecular weight is 504 g/mol. The van der Waals surface area contributed by atoms with E-state index in [0.717, 1.165) is 22.9 Å². The van der Waals surface area contributed by atoms with Crippen molar-refractivity contribution < 1.29 is 35.9 Å². The molecule has 2 saturated heterocycles. The van der Waals surface area contributed by atoms with Gasteiger partial charge in [-0.1, -0.05) is 37.1 Å². The predicted octanol–water partition coefficient (Wildman–Crippen LogP) is 4.71. The van der Waals surface area contributed by atoms with E-state index in [4.69, 9.17) is 4.74 Å². The number of rotatable bonds is 7. The van der Waals surface area contributed by atoms with Crippen molar-refractivity contribution in [3.63, 3.8) is 0 Å². The Hall–Kier alpha value is -2.24. The van der Waals surface area contributed by atoms with Gasteiger partial charge in [-0.2, -0.15) is 0 Å². The molecule has 4 rings (SSSR count). The molecular formula is C23H22F6N2O2S. The van der Waals surface area contributed by atoms with Crippen LogP contribution in [0.4, 0.5) is 26.3 Å². The highest BCUT2D eigenvalue weighted by Gasteiger charge is 2.57. The first-order chi connectivity index (χ1) is 16.2. The molecule has 2 aromatic carbocycles. The molecule has 34 heavy (non-hydrogen) atoms. The number of hydrogen-bond acceptors (Lipinski definition) is 4. The van der Waals surface area contributed by atoms with Crippen LogP contribution in [0, 0.1) is 23.3 Å². The average Bonchev–Trinajstić information content (AvgIpc) is 3.01. The first kappa shape index (κ1) is 24.9. The molecule has 2 aromatic rings. The lowest BCUT2D eigenvalue weighted by Crippen LogP contribution is -2.51. The number of hydrogen-bond donors (Lipinski definition) is 1. The van der Waals surface area contributed by atoms with Crippen LogP contribution in [0.1, 0.15) is 18.9 Å². The summed E-state index contributed by atoms with van der Waals surface area (Å²) >= 11 is 1.05. The van der Waals surface area contributed by atoms with E-state index in [0.29, 0.717) is 24.8 Å². The summed E-state index contributed by atoms with van der Waals surface area (Å²) in [6.45, 7) is 1.27. The molecule has 0 aromatic heterocycles. The van der Waals surface area contributed by atoms with Crippen LogP contribution in [0.25, 0.3) is 11.1 Å². The Morgan fingerprint density at radius 2 is 1.82 bits per heavy atom. The number of amides is 1. The third kappa shape index (κ3) is 4.52. The second-order valence-corrected chi connectivity index (χ2v) is 9.28. The van der Waals surface area contributed by atoms with E-state index >= 15 is 4.39 Å². The first-order valence-corrected chi connectivity index (χ1v) is 11.7. The number of nitrogens with one attached hydrogen (secondary N) is 1. The Labute approximate surface area is 196 Å². The number of benzene rings is 2. The van der Waals surface area contributed by atoms with Crippen molar-refractivity contribution in [2.24, 2.45) is 0 Å². The standard InChI is InChI=1S/C23H22F6N2O2S/c1-2-34-30-21-16(31(11-23(21,28)29)22(32)17-8-9-33-17)10-12-4-3-5-13(18(12)25)14-6-7-15(24)20(27)19(14)26/h3-7,16-17,21,30H,2,8-11H2,1H3/t16-,17?,21+/m0/s1. The number of ether oxygens (including phenoxy) is 1. The molecule has 2 heterocycles. The fourth-order valence-corrected chi connectivity index (χ4v) is 4.91. The minimum atomic E-state index is -3.29. The molecule has 0 spiro atoms. The second kappa shape index (κ2) is 9.79. The third-order valence-electron chi connectivity index (χ3n) is 6.07. The molecule has 1 N–H and O–H groups in total. The molecule has 3 atom stereocenters. The van der Waals surface area contributed by atoms with Gasteiger partial charge in [0.1, 0.15) is 18.0 Å². The molecule has 0 bridgehead atoms. The van der Waals surface area contributed by atoms with E-state index < -0.39 is 65.4 Å². The topological polar surface area (TPSA) is 41.6 Å². The lowest BCUT2D eigenvalue weighted by atomic mass is 9.94. The van der Waals surface area contributed by atoms with Crippen LogP contribution in [-0.4, -0.2) is 53.8 Å². The number of carbonyl (C=O) groups excluding carboxylic acids is 1. The molecule has 4 nitrogen and oxygen atoms in total. The molecule has 2 aliphatic rings. The van der Waals surface area contributed by atoms with Crippen molar-refractivity contribution >= 4 is 17.9 Å². The maximum atomic E-state index is 15.4. The quantitative estimate of drug-likeness (QED) is 0.337. The summed E-state index contributed by atoms with van der Waals surface area (Å²) in [5, 5.41) is 0. The van der Waals surface area contributed by atoms with Gasteiger partial charge in [-0.15, -0.1) is 0 Å². The van der Waals surface area contributed by atoms with Crippen LogP contribution in [0.15, 0.2) is 30.3 Å². The molecule has 2 aliphatic heterocycles.